The van der Waals surface area contributed by atoms with Crippen LogP contribution in [-0.2, 0) is 16.0 Å². The van der Waals surface area contributed by atoms with Crippen LogP contribution in [0.25, 0.3) is 11.7 Å². The van der Waals surface area contributed by atoms with Gasteiger partial charge in [-0.05, 0) is 43.0 Å². The molecular weight excluding hydrogens is 436 g/mol. The topological polar surface area (TPSA) is 133 Å². The molecular formula is C23H22N8O3. The maximum absolute atomic E-state index is 12.0. The third kappa shape index (κ3) is 3.60. The number of amides is 4. The van der Waals surface area contributed by atoms with Gasteiger partial charge in [-0.3, -0.25) is 14.9 Å². The van der Waals surface area contributed by atoms with Gasteiger partial charge in [0.15, 0.2) is 5.65 Å². The highest BCUT2D eigenvalue weighted by Crippen LogP contribution is 2.33. The van der Waals surface area contributed by atoms with E-state index in [0.29, 0.717) is 29.6 Å². The number of fused-ring (bicyclic) bond motifs is 2. The van der Waals surface area contributed by atoms with Gasteiger partial charge in [0, 0.05) is 42.5 Å². The first-order chi connectivity index (χ1) is 16.4. The molecule has 1 saturated carbocycles. The average Bonchev–Trinajstić information content (AvgIpc) is 3.21. The van der Waals surface area contributed by atoms with Gasteiger partial charge in [-0.15, -0.1) is 0 Å². The van der Waals surface area contributed by atoms with Crippen LogP contribution in [0.2, 0.25) is 0 Å². The summed E-state index contributed by atoms with van der Waals surface area (Å²) in [5, 5.41) is 15.9. The van der Waals surface area contributed by atoms with Gasteiger partial charge in [0.2, 0.25) is 5.91 Å². The molecule has 3 aliphatic rings. The molecule has 34 heavy (non-hydrogen) atoms. The molecule has 0 bridgehead atoms. The lowest BCUT2D eigenvalue weighted by molar-refractivity contribution is -0.117. The zero-order valence-electron chi connectivity index (χ0n) is 18.4. The fourth-order valence-corrected chi connectivity index (χ4v) is 4.26. The maximum atomic E-state index is 12.0. The van der Waals surface area contributed by atoms with E-state index >= 15 is 0 Å². The molecule has 11 heteroatoms. The minimum absolute atomic E-state index is 0.0198. The lowest BCUT2D eigenvalue weighted by Gasteiger charge is -2.16. The zero-order valence-corrected chi connectivity index (χ0v) is 18.4. The molecule has 0 atom stereocenters. The maximum Gasteiger partial charge on any atom is 0.326 e. The molecule has 1 aromatic carbocycles. The van der Waals surface area contributed by atoms with Gasteiger partial charge in [-0.1, -0.05) is 6.07 Å². The molecule has 2 fully saturated rings. The van der Waals surface area contributed by atoms with Gasteiger partial charge >= 0.3 is 6.03 Å². The van der Waals surface area contributed by atoms with Crippen LogP contribution in [-0.4, -0.2) is 45.0 Å². The Bertz CT molecular complexity index is 1400. The Morgan fingerprint density at radius 3 is 2.79 bits per heavy atom. The second kappa shape index (κ2) is 7.58. The van der Waals surface area contributed by atoms with Crippen molar-refractivity contribution >= 4 is 52.6 Å². The largest absolute Gasteiger partial charge is 0.367 e. The second-order valence-electron chi connectivity index (χ2n) is 8.64. The molecule has 2 aromatic heterocycles. The van der Waals surface area contributed by atoms with Crippen molar-refractivity contribution in [3.8, 4) is 0 Å². The van der Waals surface area contributed by atoms with E-state index in [0.717, 1.165) is 42.0 Å². The highest BCUT2D eigenvalue weighted by Gasteiger charge is 2.26. The van der Waals surface area contributed by atoms with E-state index < -0.39 is 11.9 Å². The Labute approximate surface area is 194 Å². The summed E-state index contributed by atoms with van der Waals surface area (Å²) in [5.74, 6) is 0.878. The molecule has 4 N–H and O–H groups in total. The number of rotatable bonds is 5. The molecule has 4 amide bonds. The number of benzene rings is 1. The Morgan fingerprint density at radius 1 is 1.21 bits per heavy atom. The van der Waals surface area contributed by atoms with E-state index in [1.54, 1.807) is 28.6 Å². The summed E-state index contributed by atoms with van der Waals surface area (Å²) in [7, 11) is 0. The number of carbonyl (C=O) groups is 3. The zero-order chi connectivity index (χ0) is 23.4. The molecule has 0 radical (unpaired) electrons. The van der Waals surface area contributed by atoms with Crippen LogP contribution in [0.4, 0.5) is 27.8 Å². The van der Waals surface area contributed by atoms with Crippen molar-refractivity contribution < 1.29 is 14.4 Å². The highest BCUT2D eigenvalue weighted by molar-refractivity contribution is 6.14. The Morgan fingerprint density at radius 2 is 2.06 bits per heavy atom. The summed E-state index contributed by atoms with van der Waals surface area (Å²) in [5.41, 5.74) is 4.12. The molecule has 11 nitrogen and oxygen atoms in total. The number of carbonyl (C=O) groups excluding carboxylic acids is 3. The number of hydrogen-bond acceptors (Lipinski definition) is 7. The van der Waals surface area contributed by atoms with E-state index in [1.165, 1.54) is 0 Å². The Balaban J connectivity index is 1.39. The van der Waals surface area contributed by atoms with Crippen molar-refractivity contribution in [2.24, 2.45) is 0 Å². The number of nitrogens with zero attached hydrogens (tertiary/aromatic N) is 4. The van der Waals surface area contributed by atoms with Crippen molar-refractivity contribution in [3.05, 3.63) is 47.3 Å². The highest BCUT2D eigenvalue weighted by atomic mass is 16.2. The van der Waals surface area contributed by atoms with Crippen LogP contribution in [0.5, 0.6) is 0 Å². The summed E-state index contributed by atoms with van der Waals surface area (Å²) >= 11 is 0. The second-order valence-corrected chi connectivity index (χ2v) is 8.64. The minimum Gasteiger partial charge on any atom is -0.367 e. The molecule has 1 saturated heterocycles. The fraction of sp³-hybridized carbons (Fsp3) is 0.261. The summed E-state index contributed by atoms with van der Waals surface area (Å²) in [6, 6.07) is 7.67. The van der Waals surface area contributed by atoms with Crippen LogP contribution < -0.4 is 26.2 Å². The van der Waals surface area contributed by atoms with Crippen molar-refractivity contribution in [2.75, 3.05) is 22.1 Å². The molecule has 2 aliphatic heterocycles. The van der Waals surface area contributed by atoms with E-state index in [4.69, 9.17) is 4.98 Å². The molecule has 6 rings (SSSR count). The van der Waals surface area contributed by atoms with Gasteiger partial charge < -0.3 is 20.9 Å². The SMILES string of the molecule is CC(=O)N1CCc2ccc(Nc3cc(NC4CC4)n4ncc(/C=C5\NC(=O)NC5=O)c4n3)cc21. The van der Waals surface area contributed by atoms with Gasteiger partial charge in [-0.25, -0.2) is 9.78 Å². The lowest BCUT2D eigenvalue weighted by Crippen LogP contribution is -2.25. The van der Waals surface area contributed by atoms with Gasteiger partial charge in [0.1, 0.15) is 17.3 Å². The summed E-state index contributed by atoms with van der Waals surface area (Å²) in [6.07, 6.45) is 6.17. The van der Waals surface area contributed by atoms with Crippen molar-refractivity contribution in [2.45, 2.75) is 32.2 Å². The third-order valence-corrected chi connectivity index (χ3v) is 6.08. The first-order valence-electron chi connectivity index (χ1n) is 11.1. The van der Waals surface area contributed by atoms with Crippen molar-refractivity contribution in [1.82, 2.24) is 25.2 Å². The minimum atomic E-state index is -0.560. The first kappa shape index (κ1) is 20.2. The van der Waals surface area contributed by atoms with Crippen LogP contribution >= 0.6 is 0 Å². The first-order valence-corrected chi connectivity index (χ1v) is 11.1. The van der Waals surface area contributed by atoms with Crippen LogP contribution in [0.15, 0.2) is 36.2 Å². The van der Waals surface area contributed by atoms with Crippen LogP contribution in [0, 0.1) is 0 Å². The summed E-state index contributed by atoms with van der Waals surface area (Å²) < 4.78 is 1.69. The number of aromatic nitrogens is 3. The molecule has 172 valence electrons. The molecule has 0 spiro atoms. The number of anilines is 4. The van der Waals surface area contributed by atoms with Gasteiger partial charge in [-0.2, -0.15) is 9.61 Å². The lowest BCUT2D eigenvalue weighted by atomic mass is 10.1. The number of imide groups is 1. The van der Waals surface area contributed by atoms with Gasteiger partial charge in [0.05, 0.1) is 6.20 Å². The average molecular weight is 458 g/mol. The van der Waals surface area contributed by atoms with Crippen LogP contribution in [0.3, 0.4) is 0 Å². The Hall–Kier alpha value is -4.41. The quantitative estimate of drug-likeness (QED) is 0.340. The summed E-state index contributed by atoms with van der Waals surface area (Å²) in [4.78, 5) is 42.0. The normalized spacial score (nSPS) is 18.3. The summed E-state index contributed by atoms with van der Waals surface area (Å²) in [6.45, 7) is 2.26. The standard InChI is InChI=1S/C23H22N8O3/c1-12(32)30-7-6-13-2-3-16(9-18(13)30)25-19-10-20(26-15-4-5-15)31-21(28-19)14(11-24-31)8-17-22(33)29-23(34)27-17/h2-3,8-11,15,26H,4-7H2,1H3,(H,25,28)(H2,27,29,33,34)/b17-8-. The van der Waals surface area contributed by atoms with E-state index in [1.807, 2.05) is 24.3 Å². The molecule has 0 unspecified atom stereocenters. The van der Waals surface area contributed by atoms with E-state index in [9.17, 15) is 14.4 Å². The van der Waals surface area contributed by atoms with E-state index in [-0.39, 0.29) is 11.6 Å². The predicted molar refractivity (Wildman–Crippen MR) is 126 cm³/mol. The van der Waals surface area contributed by atoms with E-state index in [2.05, 4.69) is 26.4 Å². The fourth-order valence-electron chi connectivity index (χ4n) is 4.26. The smallest absolute Gasteiger partial charge is 0.326 e. The molecule has 3 aromatic rings. The van der Waals surface area contributed by atoms with Gasteiger partial charge in [0.25, 0.3) is 5.91 Å². The predicted octanol–water partition coefficient (Wildman–Crippen LogP) is 2.14. The molecule has 4 heterocycles. The number of nitrogens with one attached hydrogen (secondary N) is 4. The Kier molecular flexibility index (Phi) is 4.51. The number of urea groups is 1. The monoisotopic (exact) mass is 458 g/mol. The third-order valence-electron chi connectivity index (χ3n) is 6.08. The molecule has 1 aliphatic carbocycles. The van der Waals surface area contributed by atoms with Crippen molar-refractivity contribution in [1.29, 1.82) is 0 Å². The van der Waals surface area contributed by atoms with Crippen molar-refractivity contribution in [3.63, 3.8) is 0 Å². The number of hydrogen-bond donors (Lipinski definition) is 4. The van der Waals surface area contributed by atoms with Crippen LogP contribution in [0.1, 0.15) is 30.9 Å².